The zero-order chi connectivity index (χ0) is 19.4. The van der Waals surface area contributed by atoms with E-state index in [9.17, 15) is 14.4 Å². The Balaban J connectivity index is 2.05. The summed E-state index contributed by atoms with van der Waals surface area (Å²) in [5.41, 5.74) is 0.576. The topological polar surface area (TPSA) is 98.5 Å². The van der Waals surface area contributed by atoms with Crippen molar-refractivity contribution in [3.05, 3.63) is 63.8 Å². The van der Waals surface area contributed by atoms with Crippen molar-refractivity contribution in [1.29, 1.82) is 0 Å². The van der Waals surface area contributed by atoms with Crippen molar-refractivity contribution >= 4 is 28.8 Å². The van der Waals surface area contributed by atoms with Crippen LogP contribution in [0.25, 0.3) is 11.0 Å². The number of fused-ring (bicyclic) bond motifs is 1. The van der Waals surface area contributed by atoms with Gasteiger partial charge in [-0.1, -0.05) is 13.3 Å². The molecule has 0 atom stereocenters. The number of carbonyl (C=O) groups excluding carboxylic acids is 2. The van der Waals surface area contributed by atoms with E-state index >= 15 is 0 Å². The maximum atomic E-state index is 12.5. The third-order valence-electron chi connectivity index (χ3n) is 4.13. The zero-order valence-electron chi connectivity index (χ0n) is 14.9. The lowest BCUT2D eigenvalue weighted by Crippen LogP contribution is -2.21. The van der Waals surface area contributed by atoms with Crippen LogP contribution in [-0.2, 0) is 6.42 Å². The van der Waals surface area contributed by atoms with Gasteiger partial charge in [-0.15, -0.1) is 0 Å². The predicted molar refractivity (Wildman–Crippen MR) is 101 cm³/mol. The molecule has 0 spiro atoms. The first-order valence-corrected chi connectivity index (χ1v) is 8.44. The van der Waals surface area contributed by atoms with E-state index in [2.05, 4.69) is 10.3 Å². The minimum atomic E-state index is -0.762. The average Bonchev–Trinajstić information content (AvgIpc) is 2.68. The fourth-order valence-electron chi connectivity index (χ4n) is 2.87. The van der Waals surface area contributed by atoms with Crippen LogP contribution < -0.4 is 15.7 Å². The lowest BCUT2D eigenvalue weighted by Gasteiger charge is -2.11. The molecule has 0 radical (unpaired) electrons. The molecule has 0 bridgehead atoms. The maximum absolute atomic E-state index is 12.5. The number of pyridine rings is 1. The first kappa shape index (κ1) is 18.3. The summed E-state index contributed by atoms with van der Waals surface area (Å²) in [5, 5.41) is 3.14. The van der Waals surface area contributed by atoms with Gasteiger partial charge in [0.15, 0.2) is 6.29 Å². The van der Waals surface area contributed by atoms with Crippen molar-refractivity contribution < 1.29 is 18.7 Å². The molecule has 0 unspecified atom stereocenters. The molecule has 0 saturated heterocycles. The van der Waals surface area contributed by atoms with Crippen LogP contribution in [0, 0.1) is 0 Å². The van der Waals surface area contributed by atoms with Crippen LogP contribution in [0.4, 0.5) is 5.69 Å². The SMILES string of the molecule is CCCc1c(OC)ccc2cc(C(=O)Nc3cccnc3C=O)c(=O)oc12. The summed E-state index contributed by atoms with van der Waals surface area (Å²) in [6.45, 7) is 2.01. The van der Waals surface area contributed by atoms with E-state index in [0.717, 1.165) is 12.0 Å². The second-order valence-electron chi connectivity index (χ2n) is 5.87. The van der Waals surface area contributed by atoms with Gasteiger partial charge in [0.2, 0.25) is 0 Å². The van der Waals surface area contributed by atoms with Crippen molar-refractivity contribution in [2.75, 3.05) is 12.4 Å². The second-order valence-corrected chi connectivity index (χ2v) is 5.87. The number of nitrogens with one attached hydrogen (secondary N) is 1. The molecule has 0 saturated carbocycles. The molecule has 7 heteroatoms. The van der Waals surface area contributed by atoms with Gasteiger partial charge in [-0.25, -0.2) is 4.79 Å². The maximum Gasteiger partial charge on any atom is 0.349 e. The normalized spacial score (nSPS) is 10.6. The molecule has 1 amide bonds. The van der Waals surface area contributed by atoms with Gasteiger partial charge < -0.3 is 14.5 Å². The van der Waals surface area contributed by atoms with E-state index in [1.54, 1.807) is 25.3 Å². The van der Waals surface area contributed by atoms with Crippen LogP contribution >= 0.6 is 0 Å². The first-order chi connectivity index (χ1) is 13.1. The monoisotopic (exact) mass is 366 g/mol. The molecule has 1 N–H and O–H groups in total. The van der Waals surface area contributed by atoms with Gasteiger partial charge in [0.05, 0.1) is 12.8 Å². The number of methoxy groups -OCH3 is 1. The summed E-state index contributed by atoms with van der Waals surface area (Å²) in [4.78, 5) is 39.9. The fourth-order valence-corrected chi connectivity index (χ4v) is 2.87. The van der Waals surface area contributed by atoms with Crippen LogP contribution in [0.2, 0.25) is 0 Å². The van der Waals surface area contributed by atoms with E-state index in [4.69, 9.17) is 9.15 Å². The van der Waals surface area contributed by atoms with Gasteiger partial charge in [-0.2, -0.15) is 0 Å². The van der Waals surface area contributed by atoms with Crippen LogP contribution in [-0.4, -0.2) is 24.3 Å². The molecular formula is C20H18N2O5. The Bertz CT molecular complexity index is 1070. The van der Waals surface area contributed by atoms with Crippen molar-refractivity contribution in [1.82, 2.24) is 4.98 Å². The Kier molecular flexibility index (Phi) is 5.30. The average molecular weight is 366 g/mol. The molecule has 3 rings (SSSR count). The number of carbonyl (C=O) groups is 2. The predicted octanol–water partition coefficient (Wildman–Crippen LogP) is 3.21. The Morgan fingerprint density at radius 3 is 2.85 bits per heavy atom. The Hall–Kier alpha value is -3.48. The van der Waals surface area contributed by atoms with Crippen LogP contribution in [0.5, 0.6) is 5.75 Å². The molecule has 2 heterocycles. The molecule has 0 aliphatic rings. The Morgan fingerprint density at radius 2 is 2.15 bits per heavy atom. The number of rotatable bonds is 6. The van der Waals surface area contributed by atoms with Gasteiger partial charge >= 0.3 is 5.63 Å². The number of hydrogen-bond donors (Lipinski definition) is 1. The van der Waals surface area contributed by atoms with E-state index in [1.807, 2.05) is 6.92 Å². The number of ether oxygens (including phenoxy) is 1. The number of aryl methyl sites for hydroxylation is 1. The van der Waals surface area contributed by atoms with E-state index < -0.39 is 11.5 Å². The number of nitrogens with zero attached hydrogens (tertiary/aromatic N) is 1. The molecule has 0 aliphatic carbocycles. The molecule has 2 aromatic heterocycles. The summed E-state index contributed by atoms with van der Waals surface area (Å²) in [6, 6.07) is 8.09. The van der Waals surface area contributed by atoms with Gasteiger partial charge in [0.25, 0.3) is 5.91 Å². The largest absolute Gasteiger partial charge is 0.496 e. The van der Waals surface area contributed by atoms with E-state index in [0.29, 0.717) is 29.4 Å². The van der Waals surface area contributed by atoms with Crippen molar-refractivity contribution in [2.45, 2.75) is 19.8 Å². The number of amides is 1. The molecule has 0 aliphatic heterocycles. The smallest absolute Gasteiger partial charge is 0.349 e. The summed E-state index contributed by atoms with van der Waals surface area (Å²) in [5.74, 6) is -0.0368. The molecule has 3 aromatic rings. The standard InChI is InChI=1S/C20H18N2O5/c1-3-5-13-17(26-2)8-7-12-10-14(20(25)27-18(12)13)19(24)22-15-6-4-9-21-16(15)11-23/h4,6-11H,3,5H2,1-2H3,(H,22,24). The first-order valence-electron chi connectivity index (χ1n) is 8.44. The molecule has 1 aromatic carbocycles. The van der Waals surface area contributed by atoms with Gasteiger partial charge in [0.1, 0.15) is 22.6 Å². The minimum absolute atomic E-state index is 0.0750. The quantitative estimate of drug-likeness (QED) is 0.531. The summed E-state index contributed by atoms with van der Waals surface area (Å²) >= 11 is 0. The van der Waals surface area contributed by atoms with Gasteiger partial charge in [-0.3, -0.25) is 14.6 Å². The second kappa shape index (κ2) is 7.82. The molecule has 7 nitrogen and oxygen atoms in total. The highest BCUT2D eigenvalue weighted by molar-refractivity contribution is 6.07. The summed E-state index contributed by atoms with van der Waals surface area (Å²) in [6.07, 6.45) is 3.48. The number of aromatic nitrogens is 1. The highest BCUT2D eigenvalue weighted by Crippen LogP contribution is 2.29. The zero-order valence-corrected chi connectivity index (χ0v) is 14.9. The molecule has 0 fully saturated rings. The number of hydrogen-bond acceptors (Lipinski definition) is 6. The van der Waals surface area contributed by atoms with Crippen LogP contribution in [0.3, 0.4) is 0 Å². The number of benzene rings is 1. The molecule has 138 valence electrons. The molecular weight excluding hydrogens is 348 g/mol. The van der Waals surface area contributed by atoms with Crippen LogP contribution in [0.15, 0.2) is 45.7 Å². The lowest BCUT2D eigenvalue weighted by molar-refractivity contribution is 0.102. The lowest BCUT2D eigenvalue weighted by atomic mass is 10.0. The van der Waals surface area contributed by atoms with Gasteiger partial charge in [-0.05, 0) is 36.8 Å². The van der Waals surface area contributed by atoms with Crippen molar-refractivity contribution in [2.24, 2.45) is 0 Å². The minimum Gasteiger partial charge on any atom is -0.496 e. The summed E-state index contributed by atoms with van der Waals surface area (Å²) < 4.78 is 10.8. The highest BCUT2D eigenvalue weighted by Gasteiger charge is 2.18. The van der Waals surface area contributed by atoms with E-state index in [1.165, 1.54) is 18.3 Å². The third kappa shape index (κ3) is 3.57. The Labute approximate surface area is 155 Å². The van der Waals surface area contributed by atoms with E-state index in [-0.39, 0.29) is 16.9 Å². The Morgan fingerprint density at radius 1 is 1.33 bits per heavy atom. The third-order valence-corrected chi connectivity index (χ3v) is 4.13. The summed E-state index contributed by atoms with van der Waals surface area (Å²) in [7, 11) is 1.55. The van der Waals surface area contributed by atoms with Gasteiger partial charge in [0, 0.05) is 17.1 Å². The van der Waals surface area contributed by atoms with Crippen molar-refractivity contribution in [3.63, 3.8) is 0 Å². The fraction of sp³-hybridized carbons (Fsp3) is 0.200. The number of aldehydes is 1. The number of anilines is 1. The molecule has 27 heavy (non-hydrogen) atoms. The highest BCUT2D eigenvalue weighted by atomic mass is 16.5. The van der Waals surface area contributed by atoms with Crippen molar-refractivity contribution in [3.8, 4) is 5.75 Å². The van der Waals surface area contributed by atoms with Crippen LogP contribution in [0.1, 0.15) is 39.8 Å².